The Hall–Kier alpha value is -6.50. The van der Waals surface area contributed by atoms with E-state index in [0.29, 0.717) is 22.3 Å². The number of benzene rings is 6. The summed E-state index contributed by atoms with van der Waals surface area (Å²) in [7, 11) is -23.6. The van der Waals surface area contributed by atoms with Gasteiger partial charge in [-0.25, -0.2) is 0 Å². The van der Waals surface area contributed by atoms with Crippen molar-refractivity contribution >= 4 is 97.5 Å². The molecule has 1 aliphatic rings. The van der Waals surface area contributed by atoms with E-state index >= 15 is 9.59 Å². The van der Waals surface area contributed by atoms with Crippen molar-refractivity contribution in [3.63, 3.8) is 0 Å². The Morgan fingerprint density at radius 1 is 0.312 bits per heavy atom. The van der Waals surface area contributed by atoms with E-state index in [4.69, 9.17) is 0 Å². The molecular weight excluding hydrogens is 913 g/mol. The smallest absolute Gasteiger partial charge is 0.298 e. The Balaban J connectivity index is 1.76. The number of hydrogen-bond acceptors (Lipinski definition) is 14. The molecule has 22 heteroatoms. The lowest BCUT2D eigenvalue weighted by molar-refractivity contribution is 0.0980. The Bertz CT molecular complexity index is 2960. The molecule has 0 aromatic heterocycles. The van der Waals surface area contributed by atoms with Crippen LogP contribution < -0.4 is 21.3 Å². The maximum absolute atomic E-state index is 15.7. The second kappa shape index (κ2) is 16.2. The first-order valence-electron chi connectivity index (χ1n) is 18.6. The van der Waals surface area contributed by atoms with Gasteiger partial charge in [-0.3, -0.25) is 27.8 Å². The predicted octanol–water partition coefficient (Wildman–Crippen LogP) is 7.66. The average Bonchev–Trinajstić information content (AvgIpc) is 3.18. The number of fused-ring (bicyclic) bond motifs is 2. The molecule has 0 radical (unpaired) electrons. The van der Waals surface area contributed by atoms with Crippen LogP contribution in [0.4, 0.5) is 45.5 Å². The maximum atomic E-state index is 15.7. The highest BCUT2D eigenvalue weighted by atomic mass is 32.2. The first-order chi connectivity index (χ1) is 29.8. The molecule has 64 heavy (non-hydrogen) atoms. The molecular formula is C42H36N4O14S4. The van der Waals surface area contributed by atoms with Gasteiger partial charge in [0.05, 0.1) is 45.0 Å². The molecule has 1 aliphatic carbocycles. The van der Waals surface area contributed by atoms with Crippen LogP contribution in [0.5, 0.6) is 0 Å². The molecule has 0 aliphatic heterocycles. The fourth-order valence-corrected chi connectivity index (χ4v) is 11.4. The van der Waals surface area contributed by atoms with Gasteiger partial charge < -0.3 is 21.3 Å². The van der Waals surface area contributed by atoms with Gasteiger partial charge in [-0.15, -0.1) is 0 Å². The second-order valence-electron chi connectivity index (χ2n) is 14.8. The molecule has 0 saturated carbocycles. The van der Waals surface area contributed by atoms with Crippen molar-refractivity contribution in [3.8, 4) is 0 Å². The van der Waals surface area contributed by atoms with Crippen molar-refractivity contribution in [1.82, 2.24) is 0 Å². The lowest BCUT2D eigenvalue weighted by atomic mass is 9.80. The lowest BCUT2D eigenvalue weighted by Gasteiger charge is -2.31. The highest BCUT2D eigenvalue weighted by molar-refractivity contribution is 7.89. The molecule has 0 saturated heterocycles. The Kier molecular flexibility index (Phi) is 11.6. The molecule has 0 fully saturated rings. The van der Waals surface area contributed by atoms with E-state index in [-0.39, 0.29) is 22.7 Å². The second-order valence-corrected chi connectivity index (χ2v) is 20.3. The van der Waals surface area contributed by atoms with E-state index in [2.05, 4.69) is 21.3 Å². The molecule has 7 rings (SSSR count). The number of carbonyl (C=O) groups excluding carboxylic acids is 2. The van der Waals surface area contributed by atoms with Gasteiger partial charge in [0.15, 0.2) is 11.6 Å². The molecule has 0 spiro atoms. The molecule has 6 aromatic rings. The molecule has 18 nitrogen and oxygen atoms in total. The van der Waals surface area contributed by atoms with E-state index in [0.717, 1.165) is 0 Å². The zero-order chi connectivity index (χ0) is 46.8. The van der Waals surface area contributed by atoms with Crippen molar-refractivity contribution in [3.05, 3.63) is 142 Å². The summed E-state index contributed by atoms with van der Waals surface area (Å²) in [4.78, 5) is 24.9. The van der Waals surface area contributed by atoms with Crippen molar-refractivity contribution < 1.29 is 61.5 Å². The van der Waals surface area contributed by atoms with Crippen LogP contribution in [0.15, 0.2) is 117 Å². The monoisotopic (exact) mass is 948 g/mol. The van der Waals surface area contributed by atoms with Gasteiger partial charge in [0.1, 0.15) is 19.6 Å². The number of carbonyl (C=O) groups is 2. The van der Waals surface area contributed by atoms with Gasteiger partial charge in [0, 0.05) is 22.7 Å². The Morgan fingerprint density at radius 3 is 0.609 bits per heavy atom. The zero-order valence-electron chi connectivity index (χ0n) is 33.7. The summed E-state index contributed by atoms with van der Waals surface area (Å²) in [5.41, 5.74) is -6.14. The highest BCUT2D eigenvalue weighted by Gasteiger charge is 2.48. The van der Waals surface area contributed by atoms with Crippen molar-refractivity contribution in [2.75, 3.05) is 21.3 Å². The SMILES string of the molecule is Cc1ccc(Nc2c3c(c(Nc4ccc(C)cc4)c(S(=O)(=O)O)c2S(=O)(=O)O)C(=O)c2c(Nc4ccc(C)cc4)c(S(=O)(=O)O)c(S(=O)(=O)O)c(Nc4ccc(C)cc4)c2C3=O)cc1. The molecule has 332 valence electrons. The number of rotatable bonds is 12. The summed E-state index contributed by atoms with van der Waals surface area (Å²) >= 11 is 0. The van der Waals surface area contributed by atoms with Gasteiger partial charge in [-0.1, -0.05) is 70.8 Å². The van der Waals surface area contributed by atoms with E-state index < -0.39 is 117 Å². The molecule has 8 N–H and O–H groups in total. The molecule has 0 atom stereocenters. The number of ketones is 2. The maximum Gasteiger partial charge on any atom is 0.298 e. The first-order valence-corrected chi connectivity index (χ1v) is 24.3. The minimum Gasteiger partial charge on any atom is -0.354 e. The van der Waals surface area contributed by atoms with Gasteiger partial charge in [0.25, 0.3) is 40.5 Å². The number of anilines is 8. The van der Waals surface area contributed by atoms with Crippen LogP contribution in [0.2, 0.25) is 0 Å². The summed E-state index contributed by atoms with van der Waals surface area (Å²) < 4.78 is 152. The quantitative estimate of drug-likeness (QED) is 0.0545. The fraction of sp³-hybridized carbons (Fsp3) is 0.0952. The predicted molar refractivity (Wildman–Crippen MR) is 237 cm³/mol. The summed E-state index contributed by atoms with van der Waals surface area (Å²) in [6.07, 6.45) is 0. The van der Waals surface area contributed by atoms with Crippen LogP contribution in [0.25, 0.3) is 0 Å². The Labute approximate surface area is 367 Å². The third-order valence-corrected chi connectivity index (χ3v) is 14.0. The summed E-state index contributed by atoms with van der Waals surface area (Å²) in [5.74, 6) is -3.04. The van der Waals surface area contributed by atoms with E-state index in [1.165, 1.54) is 97.1 Å². The van der Waals surface area contributed by atoms with Crippen LogP contribution in [-0.4, -0.2) is 63.4 Å². The average molecular weight is 949 g/mol. The first kappa shape index (κ1) is 45.5. The van der Waals surface area contributed by atoms with E-state index in [1.807, 2.05) is 0 Å². The molecule has 6 aromatic carbocycles. The summed E-state index contributed by atoms with van der Waals surface area (Å²) in [6, 6.07) is 23.0. The minimum atomic E-state index is -5.90. The van der Waals surface area contributed by atoms with Gasteiger partial charge in [0.2, 0.25) is 0 Å². The van der Waals surface area contributed by atoms with Crippen LogP contribution in [-0.2, 0) is 40.5 Å². The third kappa shape index (κ3) is 8.72. The van der Waals surface area contributed by atoms with Crippen LogP contribution in [0, 0.1) is 27.7 Å². The lowest BCUT2D eigenvalue weighted by Crippen LogP contribution is -2.30. The normalized spacial score (nSPS) is 12.9. The summed E-state index contributed by atoms with van der Waals surface area (Å²) in [5, 5.41) is 10.4. The van der Waals surface area contributed by atoms with E-state index in [9.17, 15) is 51.9 Å². The zero-order valence-corrected chi connectivity index (χ0v) is 37.0. The van der Waals surface area contributed by atoms with Crippen molar-refractivity contribution in [1.29, 1.82) is 0 Å². The summed E-state index contributed by atoms with van der Waals surface area (Å²) in [6.45, 7) is 6.76. The largest absolute Gasteiger partial charge is 0.354 e. The van der Waals surface area contributed by atoms with Gasteiger partial charge in [-0.2, -0.15) is 33.7 Å². The van der Waals surface area contributed by atoms with Crippen LogP contribution >= 0.6 is 0 Å². The number of nitrogens with one attached hydrogen (secondary N) is 4. The topological polar surface area (TPSA) is 300 Å². The van der Waals surface area contributed by atoms with Crippen LogP contribution in [0.3, 0.4) is 0 Å². The Morgan fingerprint density at radius 2 is 0.469 bits per heavy atom. The van der Waals surface area contributed by atoms with Crippen LogP contribution in [0.1, 0.15) is 54.1 Å². The standard InChI is InChI=1S/C42H36N4O14S4/c1-21-5-13-25(14-6-21)43-33-29-30(34(44-26-15-7-22(2)8-16-26)40(62(52,53)54)39(33)61(49,50)51)38(48)32-31(37(29)47)35(45-27-17-9-23(3)10-18-27)41(63(55,56)57)42(64(58,59)60)36(32)46-28-19-11-24(4)12-20-28/h5-20,43-46H,1-4H3,(H,49,50,51)(H,52,53,54)(H,55,56,57)(H,58,59,60). The number of hydrogen-bond donors (Lipinski definition) is 8. The third-order valence-electron chi connectivity index (χ3n) is 10.0. The van der Waals surface area contributed by atoms with Gasteiger partial charge in [-0.05, 0) is 76.2 Å². The van der Waals surface area contributed by atoms with Crippen molar-refractivity contribution in [2.24, 2.45) is 0 Å². The number of aryl methyl sites for hydroxylation is 4. The fourth-order valence-electron chi connectivity index (χ4n) is 7.15. The molecule has 0 unspecified atom stereocenters. The van der Waals surface area contributed by atoms with Gasteiger partial charge >= 0.3 is 0 Å². The molecule has 0 bridgehead atoms. The molecule has 0 heterocycles. The molecule has 0 amide bonds. The van der Waals surface area contributed by atoms with Crippen molar-refractivity contribution in [2.45, 2.75) is 47.3 Å². The highest BCUT2D eigenvalue weighted by Crippen LogP contribution is 2.53. The minimum absolute atomic E-state index is 0.0654. The van der Waals surface area contributed by atoms with E-state index in [1.54, 1.807) is 27.7 Å².